The van der Waals surface area contributed by atoms with E-state index < -0.39 is 22.0 Å². The van der Waals surface area contributed by atoms with Crippen molar-refractivity contribution in [2.75, 3.05) is 7.11 Å². The van der Waals surface area contributed by atoms with Crippen molar-refractivity contribution in [1.29, 1.82) is 0 Å². The van der Waals surface area contributed by atoms with Gasteiger partial charge in [0.05, 0.1) is 24.8 Å². The lowest BCUT2D eigenvalue weighted by atomic mass is 10.0. The fourth-order valence-electron chi connectivity index (χ4n) is 2.40. The summed E-state index contributed by atoms with van der Waals surface area (Å²) in [7, 11) is -2.33. The van der Waals surface area contributed by atoms with E-state index in [1.165, 1.54) is 25.5 Å². The summed E-state index contributed by atoms with van der Waals surface area (Å²) in [6.07, 6.45) is 1.89. The lowest BCUT2D eigenvalue weighted by Crippen LogP contribution is -2.47. The van der Waals surface area contributed by atoms with Gasteiger partial charge in [-0.3, -0.25) is 4.79 Å². The van der Waals surface area contributed by atoms with Crippen molar-refractivity contribution in [1.82, 2.24) is 10.0 Å². The third kappa shape index (κ3) is 5.60. The first-order valence-electron chi connectivity index (χ1n) is 8.28. The molecule has 2 rings (SSSR count). The highest BCUT2D eigenvalue weighted by Crippen LogP contribution is 2.17. The average molecular weight is 380 g/mol. The van der Waals surface area contributed by atoms with E-state index in [0.717, 1.165) is 0 Å². The van der Waals surface area contributed by atoms with Crippen molar-refractivity contribution >= 4 is 15.9 Å². The molecule has 0 unspecified atom stereocenters. The molecule has 7 nitrogen and oxygen atoms in total. The molecule has 0 bridgehead atoms. The van der Waals surface area contributed by atoms with Crippen molar-refractivity contribution < 1.29 is 22.4 Å². The molecule has 0 fully saturated rings. The SMILES string of the molecule is COc1ccc(S(=O)(=O)N[C@H](CC(C)C)C(=O)NCc2ccco2)cc1. The molecule has 0 aliphatic rings. The Morgan fingerprint density at radius 2 is 1.88 bits per heavy atom. The second-order valence-electron chi connectivity index (χ2n) is 6.28. The number of hydrogen-bond acceptors (Lipinski definition) is 5. The number of nitrogens with one attached hydrogen (secondary N) is 2. The largest absolute Gasteiger partial charge is 0.497 e. The van der Waals surface area contributed by atoms with Crippen LogP contribution in [0.2, 0.25) is 0 Å². The molecule has 0 radical (unpaired) electrons. The predicted octanol–water partition coefficient (Wildman–Crippen LogP) is 2.30. The van der Waals surface area contributed by atoms with Gasteiger partial charge >= 0.3 is 0 Å². The Labute approximate surface area is 153 Å². The summed E-state index contributed by atoms with van der Waals surface area (Å²) in [6, 6.07) is 8.57. The molecule has 1 amide bonds. The van der Waals surface area contributed by atoms with Gasteiger partial charge in [-0.2, -0.15) is 4.72 Å². The van der Waals surface area contributed by atoms with Gasteiger partial charge in [0.15, 0.2) is 0 Å². The van der Waals surface area contributed by atoms with Crippen molar-refractivity contribution in [3.63, 3.8) is 0 Å². The lowest BCUT2D eigenvalue weighted by molar-refractivity contribution is -0.123. The van der Waals surface area contributed by atoms with Crippen LogP contribution < -0.4 is 14.8 Å². The van der Waals surface area contributed by atoms with E-state index in [9.17, 15) is 13.2 Å². The van der Waals surface area contributed by atoms with Crippen LogP contribution in [0.3, 0.4) is 0 Å². The van der Waals surface area contributed by atoms with Crippen molar-refractivity contribution in [3.05, 3.63) is 48.4 Å². The van der Waals surface area contributed by atoms with Crippen LogP contribution in [0.25, 0.3) is 0 Å². The van der Waals surface area contributed by atoms with Gasteiger partial charge in [0.2, 0.25) is 15.9 Å². The molecule has 2 N–H and O–H groups in total. The fraction of sp³-hybridized carbons (Fsp3) is 0.389. The molecule has 0 aliphatic heterocycles. The third-order valence-corrected chi connectivity index (χ3v) is 5.20. The summed E-state index contributed by atoms with van der Waals surface area (Å²) in [5, 5.41) is 2.70. The second-order valence-corrected chi connectivity index (χ2v) is 7.99. The summed E-state index contributed by atoms with van der Waals surface area (Å²) in [6.45, 7) is 4.05. The summed E-state index contributed by atoms with van der Waals surface area (Å²) in [4.78, 5) is 12.6. The molecule has 8 heteroatoms. The minimum Gasteiger partial charge on any atom is -0.497 e. The van der Waals surface area contributed by atoms with E-state index in [0.29, 0.717) is 17.9 Å². The predicted molar refractivity (Wildman–Crippen MR) is 97.1 cm³/mol. The van der Waals surface area contributed by atoms with E-state index in [2.05, 4.69) is 10.0 Å². The van der Waals surface area contributed by atoms with Crippen LogP contribution in [0.1, 0.15) is 26.0 Å². The standard InChI is InChI=1S/C18H24N2O5S/c1-13(2)11-17(18(21)19-12-15-5-4-10-25-15)20-26(22,23)16-8-6-14(24-3)7-9-16/h4-10,13,17,20H,11-12H2,1-3H3,(H,19,21)/t17-/m1/s1. The Morgan fingerprint density at radius 1 is 1.19 bits per heavy atom. The number of amides is 1. The minimum absolute atomic E-state index is 0.0749. The number of ether oxygens (including phenoxy) is 1. The lowest BCUT2D eigenvalue weighted by Gasteiger charge is -2.20. The first-order valence-corrected chi connectivity index (χ1v) is 9.76. The topological polar surface area (TPSA) is 97.6 Å². The fourth-order valence-corrected chi connectivity index (χ4v) is 3.61. The Morgan fingerprint density at radius 3 is 2.42 bits per heavy atom. The number of furan rings is 1. The molecule has 2 aromatic rings. The van der Waals surface area contributed by atoms with Crippen LogP contribution in [0.4, 0.5) is 0 Å². The van der Waals surface area contributed by atoms with Crippen LogP contribution in [-0.2, 0) is 21.4 Å². The molecule has 1 heterocycles. The van der Waals surface area contributed by atoms with Gasteiger partial charge in [0, 0.05) is 0 Å². The normalized spacial score (nSPS) is 12.8. The van der Waals surface area contributed by atoms with Crippen LogP contribution >= 0.6 is 0 Å². The highest BCUT2D eigenvalue weighted by Gasteiger charge is 2.26. The van der Waals surface area contributed by atoms with Gasteiger partial charge in [-0.1, -0.05) is 13.8 Å². The Balaban J connectivity index is 2.10. The van der Waals surface area contributed by atoms with Gasteiger partial charge in [-0.25, -0.2) is 8.42 Å². The zero-order valence-electron chi connectivity index (χ0n) is 15.1. The molecule has 0 saturated heterocycles. The van der Waals surface area contributed by atoms with Crippen LogP contribution in [0, 0.1) is 5.92 Å². The number of methoxy groups -OCH3 is 1. The third-order valence-electron chi connectivity index (χ3n) is 3.71. The first kappa shape index (κ1) is 20.0. The Bertz CT molecular complexity index is 799. The monoisotopic (exact) mass is 380 g/mol. The van der Waals surface area contributed by atoms with Crippen molar-refractivity contribution in [3.8, 4) is 5.75 Å². The zero-order valence-corrected chi connectivity index (χ0v) is 15.9. The maximum Gasteiger partial charge on any atom is 0.241 e. The first-order chi connectivity index (χ1) is 12.3. The summed E-state index contributed by atoms with van der Waals surface area (Å²) < 4.78 is 37.9. The number of sulfonamides is 1. The second kappa shape index (κ2) is 8.86. The van der Waals surface area contributed by atoms with Crippen LogP contribution in [-0.4, -0.2) is 27.5 Å². The maximum atomic E-state index is 12.6. The van der Waals surface area contributed by atoms with E-state index >= 15 is 0 Å². The molecule has 1 aromatic carbocycles. The van der Waals surface area contributed by atoms with Crippen molar-refractivity contribution in [2.45, 2.75) is 37.8 Å². The number of carbonyl (C=O) groups is 1. The number of rotatable bonds is 9. The molecule has 0 spiro atoms. The number of benzene rings is 1. The maximum absolute atomic E-state index is 12.6. The summed E-state index contributed by atoms with van der Waals surface area (Å²) in [5.41, 5.74) is 0. The van der Waals surface area contributed by atoms with E-state index in [-0.39, 0.29) is 17.4 Å². The average Bonchev–Trinajstić information content (AvgIpc) is 3.12. The van der Waals surface area contributed by atoms with E-state index in [4.69, 9.17) is 9.15 Å². The van der Waals surface area contributed by atoms with Crippen LogP contribution in [0.5, 0.6) is 5.75 Å². The number of carbonyl (C=O) groups excluding carboxylic acids is 1. The van der Waals surface area contributed by atoms with Crippen LogP contribution in [0.15, 0.2) is 52.0 Å². The smallest absolute Gasteiger partial charge is 0.241 e. The molecular formula is C18H24N2O5S. The molecule has 26 heavy (non-hydrogen) atoms. The molecule has 0 aliphatic carbocycles. The van der Waals surface area contributed by atoms with Gasteiger partial charge in [0.1, 0.15) is 17.6 Å². The zero-order chi connectivity index (χ0) is 19.2. The van der Waals surface area contributed by atoms with Gasteiger partial charge in [0.25, 0.3) is 0 Å². The molecular weight excluding hydrogens is 356 g/mol. The van der Waals surface area contributed by atoms with Gasteiger partial charge in [-0.15, -0.1) is 0 Å². The minimum atomic E-state index is -3.84. The highest BCUT2D eigenvalue weighted by atomic mass is 32.2. The molecule has 1 aromatic heterocycles. The molecule has 1 atom stereocenters. The molecule has 142 valence electrons. The summed E-state index contributed by atoms with van der Waals surface area (Å²) >= 11 is 0. The Hall–Kier alpha value is -2.32. The molecule has 0 saturated carbocycles. The van der Waals surface area contributed by atoms with Crippen molar-refractivity contribution in [2.24, 2.45) is 5.92 Å². The summed E-state index contributed by atoms with van der Waals surface area (Å²) in [5.74, 6) is 0.888. The van der Waals surface area contributed by atoms with Gasteiger partial charge < -0.3 is 14.5 Å². The Kier molecular flexibility index (Phi) is 6.82. The van der Waals surface area contributed by atoms with E-state index in [1.807, 2.05) is 13.8 Å². The highest BCUT2D eigenvalue weighted by molar-refractivity contribution is 7.89. The quantitative estimate of drug-likeness (QED) is 0.696. The van der Waals surface area contributed by atoms with E-state index in [1.54, 1.807) is 24.3 Å². The van der Waals surface area contributed by atoms with Gasteiger partial charge in [-0.05, 0) is 48.7 Å². The number of hydrogen-bond donors (Lipinski definition) is 2.